The molecule has 132 valence electrons. The highest BCUT2D eigenvalue weighted by Gasteiger charge is 2.08. The number of anilines is 1. The number of imidazole rings is 1. The zero-order valence-corrected chi connectivity index (χ0v) is 14.4. The number of nitrogens with one attached hydrogen (secondary N) is 3. The molecule has 1 heterocycles. The highest BCUT2D eigenvalue weighted by Crippen LogP contribution is 2.16. The first-order valence-corrected chi connectivity index (χ1v) is 7.79. The van der Waals surface area contributed by atoms with Crippen LogP contribution in [0.25, 0.3) is 5.69 Å². The van der Waals surface area contributed by atoms with E-state index in [4.69, 9.17) is 0 Å². The van der Waals surface area contributed by atoms with E-state index in [-0.39, 0.29) is 24.9 Å². The van der Waals surface area contributed by atoms with Gasteiger partial charge in [-0.2, -0.15) is 0 Å². The Balaban J connectivity index is 1.86. The van der Waals surface area contributed by atoms with Crippen LogP contribution in [0.15, 0.2) is 30.6 Å². The number of nitrogens with zero attached hydrogens (tertiary/aromatic N) is 2. The minimum Gasteiger partial charge on any atom is -0.347 e. The number of aryl methyl sites for hydroxylation is 1. The fraction of sp³-hybridized carbons (Fsp3) is 0.294. The van der Waals surface area contributed by atoms with Crippen LogP contribution in [0.4, 0.5) is 5.69 Å². The van der Waals surface area contributed by atoms with Gasteiger partial charge in [0.2, 0.25) is 17.7 Å². The number of rotatable bonds is 6. The van der Waals surface area contributed by atoms with Crippen molar-refractivity contribution in [1.82, 2.24) is 20.2 Å². The molecule has 0 aliphatic rings. The molecule has 0 atom stereocenters. The van der Waals surface area contributed by atoms with Gasteiger partial charge in [0.15, 0.2) is 0 Å². The smallest absolute Gasteiger partial charge is 0.243 e. The van der Waals surface area contributed by atoms with E-state index in [0.29, 0.717) is 5.69 Å². The number of carbonyl (C=O) groups excluding carboxylic acids is 3. The lowest BCUT2D eigenvalue weighted by molar-refractivity contribution is -0.126. The van der Waals surface area contributed by atoms with Crippen molar-refractivity contribution in [3.05, 3.63) is 42.0 Å². The van der Waals surface area contributed by atoms with Crippen molar-refractivity contribution in [2.24, 2.45) is 0 Å². The van der Waals surface area contributed by atoms with E-state index in [2.05, 4.69) is 20.9 Å². The summed E-state index contributed by atoms with van der Waals surface area (Å²) in [6.07, 6.45) is 1.75. The van der Waals surface area contributed by atoms with Gasteiger partial charge in [0.1, 0.15) is 0 Å². The van der Waals surface area contributed by atoms with Gasteiger partial charge in [-0.3, -0.25) is 14.4 Å². The molecule has 0 radical (unpaired) electrons. The normalized spacial score (nSPS) is 10.2. The highest BCUT2D eigenvalue weighted by atomic mass is 16.2. The molecule has 0 saturated carbocycles. The van der Waals surface area contributed by atoms with E-state index in [1.54, 1.807) is 18.5 Å². The number of hydrogen-bond donors (Lipinski definition) is 3. The van der Waals surface area contributed by atoms with Crippen LogP contribution in [0.5, 0.6) is 0 Å². The predicted octanol–water partition coefficient (Wildman–Crippen LogP) is 0.680. The second-order valence-corrected chi connectivity index (χ2v) is 5.57. The molecule has 8 heteroatoms. The maximum absolute atomic E-state index is 11.8. The van der Waals surface area contributed by atoms with Gasteiger partial charge in [0.25, 0.3) is 0 Å². The molecule has 1 aromatic heterocycles. The second-order valence-electron chi connectivity index (χ2n) is 5.57. The van der Waals surface area contributed by atoms with Crippen LogP contribution in [-0.2, 0) is 14.4 Å². The number of aromatic nitrogens is 2. The Kier molecular flexibility index (Phi) is 5.89. The minimum atomic E-state index is -0.424. The minimum absolute atomic E-state index is 0.152. The number of carbonyl (C=O) groups is 3. The average Bonchev–Trinajstić information content (AvgIpc) is 2.91. The van der Waals surface area contributed by atoms with Crippen LogP contribution in [-0.4, -0.2) is 40.4 Å². The van der Waals surface area contributed by atoms with Gasteiger partial charge >= 0.3 is 0 Å². The van der Waals surface area contributed by atoms with E-state index in [9.17, 15) is 14.4 Å². The Labute approximate surface area is 145 Å². The van der Waals surface area contributed by atoms with Crippen molar-refractivity contribution in [3.8, 4) is 5.69 Å². The first-order chi connectivity index (χ1) is 11.9. The molecule has 0 aliphatic carbocycles. The third-order valence-corrected chi connectivity index (χ3v) is 3.63. The van der Waals surface area contributed by atoms with Gasteiger partial charge < -0.3 is 20.5 Å². The first-order valence-electron chi connectivity index (χ1n) is 7.79. The van der Waals surface area contributed by atoms with Crippen LogP contribution in [0, 0.1) is 13.8 Å². The van der Waals surface area contributed by atoms with E-state index in [1.807, 2.05) is 30.5 Å². The van der Waals surface area contributed by atoms with E-state index in [0.717, 1.165) is 17.1 Å². The summed E-state index contributed by atoms with van der Waals surface area (Å²) in [5.41, 5.74) is 3.59. The van der Waals surface area contributed by atoms with Crippen LogP contribution in [0.2, 0.25) is 0 Å². The molecule has 0 spiro atoms. The molecule has 3 amide bonds. The Morgan fingerprint density at radius 3 is 2.20 bits per heavy atom. The molecule has 25 heavy (non-hydrogen) atoms. The summed E-state index contributed by atoms with van der Waals surface area (Å²) in [5, 5.41) is 7.48. The Morgan fingerprint density at radius 1 is 1.00 bits per heavy atom. The summed E-state index contributed by atoms with van der Waals surface area (Å²) in [5.74, 6) is -1.08. The van der Waals surface area contributed by atoms with Crippen molar-refractivity contribution in [3.63, 3.8) is 0 Å². The molecule has 3 N–H and O–H groups in total. The van der Waals surface area contributed by atoms with Gasteiger partial charge in [-0.25, -0.2) is 4.98 Å². The molecule has 1 aromatic carbocycles. The molecule has 0 unspecified atom stereocenters. The third-order valence-electron chi connectivity index (χ3n) is 3.63. The fourth-order valence-electron chi connectivity index (χ4n) is 2.12. The quantitative estimate of drug-likeness (QED) is 0.717. The van der Waals surface area contributed by atoms with Crippen LogP contribution in [0.1, 0.15) is 18.3 Å². The molecule has 0 bridgehead atoms. The molecule has 0 aliphatic heterocycles. The fourth-order valence-corrected chi connectivity index (χ4v) is 2.12. The average molecular weight is 343 g/mol. The predicted molar refractivity (Wildman–Crippen MR) is 93.4 cm³/mol. The molecule has 0 fully saturated rings. The number of hydrogen-bond acceptors (Lipinski definition) is 4. The summed E-state index contributed by atoms with van der Waals surface area (Å²) >= 11 is 0. The second kappa shape index (κ2) is 8.09. The topological polar surface area (TPSA) is 105 Å². The maximum Gasteiger partial charge on any atom is 0.243 e. The molecular weight excluding hydrogens is 322 g/mol. The summed E-state index contributed by atoms with van der Waals surface area (Å²) in [6, 6.07) is 7.31. The summed E-state index contributed by atoms with van der Waals surface area (Å²) in [4.78, 5) is 38.2. The zero-order chi connectivity index (χ0) is 18.4. The lowest BCUT2D eigenvalue weighted by atomic mass is 10.2. The van der Waals surface area contributed by atoms with E-state index >= 15 is 0 Å². The largest absolute Gasteiger partial charge is 0.347 e. The Hall–Kier alpha value is -3.16. The molecule has 2 rings (SSSR count). The van der Waals surface area contributed by atoms with E-state index < -0.39 is 5.91 Å². The van der Waals surface area contributed by atoms with Crippen molar-refractivity contribution >= 4 is 23.4 Å². The first kappa shape index (κ1) is 18.2. The van der Waals surface area contributed by atoms with Crippen LogP contribution >= 0.6 is 0 Å². The molecule has 0 saturated heterocycles. The standard InChI is InChI=1S/C17H21N5O3/c1-11-12(2)22(10-20-11)15-6-4-14(5-7-15)21-17(25)9-19-16(24)8-18-13(3)23/h4-7,10H,8-9H2,1-3H3,(H,18,23)(H,19,24)(H,21,25). The van der Waals surface area contributed by atoms with Gasteiger partial charge in [-0.15, -0.1) is 0 Å². The number of benzene rings is 1. The Morgan fingerprint density at radius 2 is 1.64 bits per heavy atom. The van der Waals surface area contributed by atoms with Gasteiger partial charge in [-0.1, -0.05) is 0 Å². The summed E-state index contributed by atoms with van der Waals surface area (Å²) in [6.45, 7) is 4.93. The third kappa shape index (κ3) is 5.17. The highest BCUT2D eigenvalue weighted by molar-refractivity contribution is 5.95. The monoisotopic (exact) mass is 343 g/mol. The Bertz CT molecular complexity index is 780. The lowest BCUT2D eigenvalue weighted by Gasteiger charge is -2.09. The molecule has 2 aromatic rings. The summed E-state index contributed by atoms with van der Waals surface area (Å²) in [7, 11) is 0. The van der Waals surface area contributed by atoms with Crippen molar-refractivity contribution in [2.75, 3.05) is 18.4 Å². The van der Waals surface area contributed by atoms with Gasteiger partial charge in [0, 0.05) is 24.0 Å². The molecular formula is C17H21N5O3. The van der Waals surface area contributed by atoms with Crippen molar-refractivity contribution in [2.45, 2.75) is 20.8 Å². The van der Waals surface area contributed by atoms with Gasteiger partial charge in [0.05, 0.1) is 25.1 Å². The number of amides is 3. The van der Waals surface area contributed by atoms with Crippen LogP contribution in [0.3, 0.4) is 0 Å². The van der Waals surface area contributed by atoms with Crippen molar-refractivity contribution < 1.29 is 14.4 Å². The lowest BCUT2D eigenvalue weighted by Crippen LogP contribution is -2.39. The zero-order valence-electron chi connectivity index (χ0n) is 14.4. The van der Waals surface area contributed by atoms with Crippen LogP contribution < -0.4 is 16.0 Å². The SMILES string of the molecule is CC(=O)NCC(=O)NCC(=O)Nc1ccc(-n2cnc(C)c2C)cc1. The van der Waals surface area contributed by atoms with Gasteiger partial charge in [-0.05, 0) is 38.1 Å². The van der Waals surface area contributed by atoms with E-state index in [1.165, 1.54) is 6.92 Å². The molecule has 8 nitrogen and oxygen atoms in total. The summed E-state index contributed by atoms with van der Waals surface area (Å²) < 4.78 is 1.96. The maximum atomic E-state index is 11.8. The van der Waals surface area contributed by atoms with Crippen molar-refractivity contribution in [1.29, 1.82) is 0 Å².